The number of hydrogen-bond acceptors (Lipinski definition) is 3. The van der Waals surface area contributed by atoms with Gasteiger partial charge in [-0.25, -0.2) is 9.78 Å². The molecule has 0 aliphatic heterocycles. The first-order valence-electron chi connectivity index (χ1n) is 6.51. The van der Waals surface area contributed by atoms with Crippen LogP contribution >= 0.6 is 0 Å². The maximum Gasteiger partial charge on any atom is 0.341 e. The molecule has 104 valence electrons. The molecule has 1 N–H and O–H groups in total. The molecule has 2 aromatic carbocycles. The van der Waals surface area contributed by atoms with E-state index < -0.39 is 5.97 Å². The van der Waals surface area contributed by atoms with Crippen LogP contribution in [0.5, 0.6) is 11.6 Å². The Balaban J connectivity index is 2.11. The van der Waals surface area contributed by atoms with E-state index >= 15 is 0 Å². The number of rotatable bonds is 3. The molecule has 0 saturated heterocycles. The maximum absolute atomic E-state index is 11.4. The number of para-hydroxylation sites is 1. The number of carbonyl (C=O) groups is 1. The fourth-order valence-electron chi connectivity index (χ4n) is 2.12. The number of ether oxygens (including phenoxy) is 1. The van der Waals surface area contributed by atoms with Gasteiger partial charge in [0.05, 0.1) is 5.52 Å². The van der Waals surface area contributed by atoms with Crippen molar-refractivity contribution in [3.63, 3.8) is 0 Å². The second-order valence-corrected chi connectivity index (χ2v) is 4.76. The summed E-state index contributed by atoms with van der Waals surface area (Å²) in [4.78, 5) is 15.7. The van der Waals surface area contributed by atoms with Crippen LogP contribution in [0.3, 0.4) is 0 Å². The third-order valence-corrected chi connectivity index (χ3v) is 3.12. The highest BCUT2D eigenvalue weighted by Gasteiger charge is 2.15. The highest BCUT2D eigenvalue weighted by Crippen LogP contribution is 2.27. The molecule has 1 heterocycles. The van der Waals surface area contributed by atoms with E-state index in [1.54, 1.807) is 12.1 Å². The van der Waals surface area contributed by atoms with E-state index in [0.717, 1.165) is 10.9 Å². The van der Waals surface area contributed by atoms with Crippen LogP contribution in [0.1, 0.15) is 15.9 Å². The fourth-order valence-corrected chi connectivity index (χ4v) is 2.12. The van der Waals surface area contributed by atoms with E-state index in [1.165, 1.54) is 0 Å². The van der Waals surface area contributed by atoms with Gasteiger partial charge < -0.3 is 9.84 Å². The Morgan fingerprint density at radius 3 is 2.67 bits per heavy atom. The molecule has 0 bridgehead atoms. The number of benzene rings is 2. The molecule has 0 radical (unpaired) electrons. The molecule has 4 nitrogen and oxygen atoms in total. The summed E-state index contributed by atoms with van der Waals surface area (Å²) in [6.45, 7) is 1.94. The monoisotopic (exact) mass is 279 g/mol. The Morgan fingerprint density at radius 2 is 1.90 bits per heavy atom. The molecule has 0 aliphatic rings. The van der Waals surface area contributed by atoms with E-state index in [9.17, 15) is 9.90 Å². The molecular formula is C17H13NO3. The van der Waals surface area contributed by atoms with Crippen LogP contribution in [0.15, 0.2) is 54.6 Å². The van der Waals surface area contributed by atoms with Crippen molar-refractivity contribution in [1.82, 2.24) is 4.98 Å². The van der Waals surface area contributed by atoms with Gasteiger partial charge in [0.25, 0.3) is 0 Å². The van der Waals surface area contributed by atoms with Gasteiger partial charge in [-0.1, -0.05) is 30.3 Å². The van der Waals surface area contributed by atoms with Crippen LogP contribution in [-0.2, 0) is 0 Å². The van der Waals surface area contributed by atoms with Crippen molar-refractivity contribution in [3.8, 4) is 11.6 Å². The average Bonchev–Trinajstić information content (AvgIpc) is 2.46. The quantitative estimate of drug-likeness (QED) is 0.786. The largest absolute Gasteiger partial charge is 0.477 e. The summed E-state index contributed by atoms with van der Waals surface area (Å²) in [7, 11) is 0. The Bertz CT molecular complexity index is 827. The predicted octanol–water partition coefficient (Wildman–Crippen LogP) is 4.03. The molecule has 1 aromatic heterocycles. The summed E-state index contributed by atoms with van der Waals surface area (Å²) in [6, 6.07) is 16.3. The zero-order valence-electron chi connectivity index (χ0n) is 11.4. The molecule has 0 fully saturated rings. The van der Waals surface area contributed by atoms with E-state index in [0.29, 0.717) is 11.3 Å². The molecule has 0 unspecified atom stereocenters. The molecule has 0 amide bonds. The van der Waals surface area contributed by atoms with Crippen LogP contribution in [0.4, 0.5) is 0 Å². The summed E-state index contributed by atoms with van der Waals surface area (Å²) < 4.78 is 5.67. The number of nitrogens with zero attached hydrogens (tertiary/aromatic N) is 1. The van der Waals surface area contributed by atoms with Crippen LogP contribution in [-0.4, -0.2) is 16.1 Å². The first kappa shape index (κ1) is 13.1. The number of carboxylic acids is 1. The van der Waals surface area contributed by atoms with Crippen molar-refractivity contribution < 1.29 is 14.6 Å². The minimum atomic E-state index is -1.06. The highest BCUT2D eigenvalue weighted by atomic mass is 16.5. The Morgan fingerprint density at radius 1 is 1.10 bits per heavy atom. The van der Waals surface area contributed by atoms with Gasteiger partial charge in [0.2, 0.25) is 5.88 Å². The number of pyridine rings is 1. The normalized spacial score (nSPS) is 10.5. The van der Waals surface area contributed by atoms with Crippen LogP contribution in [0, 0.1) is 6.92 Å². The van der Waals surface area contributed by atoms with E-state index in [4.69, 9.17) is 4.74 Å². The van der Waals surface area contributed by atoms with Crippen LogP contribution in [0.2, 0.25) is 0 Å². The third kappa shape index (κ3) is 2.69. The molecule has 4 heteroatoms. The van der Waals surface area contributed by atoms with Crippen LogP contribution in [0.25, 0.3) is 10.9 Å². The van der Waals surface area contributed by atoms with Crippen molar-refractivity contribution >= 4 is 16.9 Å². The molecule has 3 aromatic rings. The van der Waals surface area contributed by atoms with Gasteiger partial charge in [0.1, 0.15) is 11.3 Å². The maximum atomic E-state index is 11.4. The number of carboxylic acid groups (broad SMARTS) is 1. The third-order valence-electron chi connectivity index (χ3n) is 3.12. The number of aryl methyl sites for hydroxylation is 1. The fraction of sp³-hybridized carbons (Fsp3) is 0.0588. The lowest BCUT2D eigenvalue weighted by molar-refractivity contribution is 0.0693. The summed E-state index contributed by atoms with van der Waals surface area (Å²) in [5, 5.41) is 10.1. The number of hydrogen-bond donors (Lipinski definition) is 1. The minimum Gasteiger partial charge on any atom is -0.477 e. The molecule has 0 spiro atoms. The van der Waals surface area contributed by atoms with Crippen molar-refractivity contribution in [1.29, 1.82) is 0 Å². The molecule has 3 rings (SSSR count). The molecule has 0 saturated carbocycles. The first-order chi connectivity index (χ1) is 10.1. The molecule has 21 heavy (non-hydrogen) atoms. The summed E-state index contributed by atoms with van der Waals surface area (Å²) in [5.74, 6) is -0.386. The van der Waals surface area contributed by atoms with Gasteiger partial charge >= 0.3 is 5.97 Å². The van der Waals surface area contributed by atoms with Crippen molar-refractivity contribution in [2.24, 2.45) is 0 Å². The summed E-state index contributed by atoms with van der Waals surface area (Å²) in [5.41, 5.74) is 1.78. The average molecular weight is 279 g/mol. The van der Waals surface area contributed by atoms with Crippen molar-refractivity contribution in [2.45, 2.75) is 6.92 Å². The lowest BCUT2D eigenvalue weighted by atomic mass is 10.1. The Labute approximate surface area is 121 Å². The van der Waals surface area contributed by atoms with Gasteiger partial charge in [-0.3, -0.25) is 0 Å². The predicted molar refractivity (Wildman–Crippen MR) is 80.0 cm³/mol. The van der Waals surface area contributed by atoms with Gasteiger partial charge in [0.15, 0.2) is 0 Å². The number of fused-ring (bicyclic) bond motifs is 1. The second-order valence-electron chi connectivity index (χ2n) is 4.76. The summed E-state index contributed by atoms with van der Waals surface area (Å²) >= 11 is 0. The van der Waals surface area contributed by atoms with Gasteiger partial charge in [-0.2, -0.15) is 0 Å². The highest BCUT2D eigenvalue weighted by molar-refractivity contribution is 5.95. The minimum absolute atomic E-state index is 0.0511. The van der Waals surface area contributed by atoms with E-state index in [1.807, 2.05) is 49.4 Å². The smallest absolute Gasteiger partial charge is 0.341 e. The lowest BCUT2D eigenvalue weighted by Gasteiger charge is -2.09. The Hall–Kier alpha value is -2.88. The van der Waals surface area contributed by atoms with Gasteiger partial charge in [0, 0.05) is 5.39 Å². The van der Waals surface area contributed by atoms with E-state index in [-0.39, 0.29) is 11.4 Å². The zero-order valence-corrected chi connectivity index (χ0v) is 11.4. The molecule has 0 atom stereocenters. The standard InChI is InChI=1S/C17H13NO3/c1-11-5-4-7-13(9-11)21-16-14(17(19)20)10-12-6-2-3-8-15(12)18-16/h2-10H,1H3,(H,19,20). The van der Waals surface area contributed by atoms with Crippen molar-refractivity contribution in [3.05, 3.63) is 65.7 Å². The number of aromatic nitrogens is 1. The van der Waals surface area contributed by atoms with E-state index in [2.05, 4.69) is 4.98 Å². The first-order valence-corrected chi connectivity index (χ1v) is 6.51. The molecule has 0 aliphatic carbocycles. The van der Waals surface area contributed by atoms with Gasteiger partial charge in [-0.15, -0.1) is 0 Å². The topological polar surface area (TPSA) is 59.4 Å². The summed E-state index contributed by atoms with van der Waals surface area (Å²) in [6.07, 6.45) is 0. The Kier molecular flexibility index (Phi) is 3.28. The molecular weight excluding hydrogens is 266 g/mol. The SMILES string of the molecule is Cc1cccc(Oc2nc3ccccc3cc2C(=O)O)c1. The second kappa shape index (κ2) is 5.25. The van der Waals surface area contributed by atoms with Crippen LogP contribution < -0.4 is 4.74 Å². The zero-order chi connectivity index (χ0) is 14.8. The number of aromatic carboxylic acids is 1. The lowest BCUT2D eigenvalue weighted by Crippen LogP contribution is -2.02. The van der Waals surface area contributed by atoms with Crippen molar-refractivity contribution in [2.75, 3.05) is 0 Å². The van der Waals surface area contributed by atoms with Gasteiger partial charge in [-0.05, 0) is 36.8 Å².